The standard InChI is InChI=1S/C7H15N3O2.C2H6.CH4/c1-9-6(11-3)5(8)7(10-2)12-4;1-2;/h9H,8H2,1-4H3;1-2H3;1H4/b6-5-,10-7?;;. The van der Waals surface area contributed by atoms with Gasteiger partial charge in [0.1, 0.15) is 0 Å². The van der Waals surface area contributed by atoms with Crippen molar-refractivity contribution >= 4 is 5.90 Å². The van der Waals surface area contributed by atoms with Gasteiger partial charge in [-0.15, -0.1) is 0 Å². The Kier molecular flexibility index (Phi) is 16.2. The molecular formula is C10H25N3O2. The number of nitrogens with two attached hydrogens (primary N) is 1. The zero-order valence-electron chi connectivity index (χ0n) is 9.84. The maximum atomic E-state index is 5.64. The Balaban J connectivity index is -0.000000449. The van der Waals surface area contributed by atoms with Gasteiger partial charge in [-0.05, 0) is 0 Å². The molecule has 0 aliphatic carbocycles. The number of nitrogens with one attached hydrogen (secondary N) is 1. The van der Waals surface area contributed by atoms with Gasteiger partial charge in [-0.3, -0.25) is 4.99 Å². The summed E-state index contributed by atoms with van der Waals surface area (Å²) in [6, 6.07) is 0. The molecule has 5 heteroatoms. The lowest BCUT2D eigenvalue weighted by Gasteiger charge is -2.10. The Morgan fingerprint density at radius 3 is 1.87 bits per heavy atom. The molecule has 0 unspecified atom stereocenters. The molecular weight excluding hydrogens is 194 g/mol. The smallest absolute Gasteiger partial charge is 0.237 e. The largest absolute Gasteiger partial charge is 0.481 e. The van der Waals surface area contributed by atoms with Crippen molar-refractivity contribution in [3.05, 3.63) is 11.6 Å². The van der Waals surface area contributed by atoms with Crippen molar-refractivity contribution in [3.63, 3.8) is 0 Å². The minimum absolute atomic E-state index is 0. The van der Waals surface area contributed by atoms with Crippen molar-refractivity contribution in [2.24, 2.45) is 10.7 Å². The van der Waals surface area contributed by atoms with E-state index in [1.54, 1.807) is 14.1 Å². The highest BCUT2D eigenvalue weighted by molar-refractivity contribution is 5.92. The lowest BCUT2D eigenvalue weighted by molar-refractivity contribution is 0.262. The van der Waals surface area contributed by atoms with E-state index in [0.717, 1.165) is 0 Å². The van der Waals surface area contributed by atoms with Crippen LogP contribution in [-0.2, 0) is 9.47 Å². The fourth-order valence-corrected chi connectivity index (χ4v) is 0.766. The molecule has 0 atom stereocenters. The van der Waals surface area contributed by atoms with Crippen LogP contribution in [0.25, 0.3) is 0 Å². The third kappa shape index (κ3) is 6.65. The summed E-state index contributed by atoms with van der Waals surface area (Å²) in [5.74, 6) is 0.790. The van der Waals surface area contributed by atoms with Crippen molar-refractivity contribution in [3.8, 4) is 0 Å². The highest BCUT2D eigenvalue weighted by Gasteiger charge is 2.08. The summed E-state index contributed by atoms with van der Waals surface area (Å²) in [6.07, 6.45) is 0. The number of methoxy groups -OCH3 is 2. The van der Waals surface area contributed by atoms with Crippen LogP contribution in [0.3, 0.4) is 0 Å². The normalized spacial score (nSPS) is 11.2. The summed E-state index contributed by atoms with van der Waals surface area (Å²) in [5, 5.41) is 2.77. The molecule has 0 aliphatic rings. The summed E-state index contributed by atoms with van der Waals surface area (Å²) in [5.41, 5.74) is 5.99. The number of rotatable bonds is 3. The first-order valence-corrected chi connectivity index (χ1v) is 4.43. The Labute approximate surface area is 93.4 Å². The molecule has 15 heavy (non-hydrogen) atoms. The third-order valence-corrected chi connectivity index (χ3v) is 1.30. The van der Waals surface area contributed by atoms with Gasteiger partial charge in [0.05, 0.1) is 14.2 Å². The summed E-state index contributed by atoms with van der Waals surface area (Å²) in [4.78, 5) is 3.81. The second-order valence-corrected chi connectivity index (χ2v) is 1.93. The molecule has 3 N–H and O–H groups in total. The van der Waals surface area contributed by atoms with Crippen LogP contribution in [0.2, 0.25) is 0 Å². The quantitative estimate of drug-likeness (QED) is 0.427. The van der Waals surface area contributed by atoms with Crippen molar-refractivity contribution in [1.82, 2.24) is 5.32 Å². The molecule has 0 aromatic carbocycles. The first kappa shape index (κ1) is 19.2. The van der Waals surface area contributed by atoms with E-state index in [0.29, 0.717) is 17.5 Å². The summed E-state index contributed by atoms with van der Waals surface area (Å²) in [6.45, 7) is 4.00. The molecule has 0 heterocycles. The maximum Gasteiger partial charge on any atom is 0.237 e. The lowest BCUT2D eigenvalue weighted by Crippen LogP contribution is -2.22. The highest BCUT2D eigenvalue weighted by atomic mass is 16.5. The van der Waals surface area contributed by atoms with Gasteiger partial charge < -0.3 is 20.5 Å². The van der Waals surface area contributed by atoms with Crippen LogP contribution in [0.1, 0.15) is 21.3 Å². The first-order chi connectivity index (χ1) is 6.71. The van der Waals surface area contributed by atoms with Gasteiger partial charge in [-0.2, -0.15) is 0 Å². The van der Waals surface area contributed by atoms with Gasteiger partial charge in [0.2, 0.25) is 11.8 Å². The van der Waals surface area contributed by atoms with E-state index in [1.807, 2.05) is 13.8 Å². The van der Waals surface area contributed by atoms with Crippen LogP contribution in [-0.4, -0.2) is 34.2 Å². The summed E-state index contributed by atoms with van der Waals surface area (Å²) >= 11 is 0. The van der Waals surface area contributed by atoms with Crippen LogP contribution in [0, 0.1) is 0 Å². The molecule has 0 radical (unpaired) electrons. The number of hydrogen-bond acceptors (Lipinski definition) is 5. The second-order valence-electron chi connectivity index (χ2n) is 1.93. The average Bonchev–Trinajstić information content (AvgIpc) is 2.24. The Morgan fingerprint density at radius 2 is 1.67 bits per heavy atom. The van der Waals surface area contributed by atoms with Gasteiger partial charge in [-0.25, -0.2) is 0 Å². The zero-order chi connectivity index (χ0) is 11.6. The van der Waals surface area contributed by atoms with Crippen LogP contribution >= 0.6 is 0 Å². The van der Waals surface area contributed by atoms with Crippen molar-refractivity contribution in [2.75, 3.05) is 28.3 Å². The SMILES string of the molecule is C.CC.CN=C(OC)/C(N)=C(\NC)OC. The third-order valence-electron chi connectivity index (χ3n) is 1.30. The van der Waals surface area contributed by atoms with Crippen LogP contribution in [0.5, 0.6) is 0 Å². The number of hydrogen-bond donors (Lipinski definition) is 2. The predicted octanol–water partition coefficient (Wildman–Crippen LogP) is 1.32. The van der Waals surface area contributed by atoms with Crippen molar-refractivity contribution in [1.29, 1.82) is 0 Å². The van der Waals surface area contributed by atoms with Crippen LogP contribution in [0.4, 0.5) is 0 Å². The van der Waals surface area contributed by atoms with Crippen LogP contribution in [0.15, 0.2) is 16.6 Å². The molecule has 0 bridgehead atoms. The van der Waals surface area contributed by atoms with Gasteiger partial charge >= 0.3 is 0 Å². The molecule has 0 aliphatic heterocycles. The Hall–Kier alpha value is -1.39. The predicted molar refractivity (Wildman–Crippen MR) is 65.7 cm³/mol. The van der Waals surface area contributed by atoms with E-state index in [4.69, 9.17) is 15.2 Å². The molecule has 0 saturated heterocycles. The molecule has 0 saturated carbocycles. The molecule has 0 amide bonds. The topological polar surface area (TPSA) is 68.9 Å². The minimum atomic E-state index is 0. The van der Waals surface area contributed by atoms with Crippen molar-refractivity contribution in [2.45, 2.75) is 21.3 Å². The van der Waals surface area contributed by atoms with Gasteiger partial charge in [0, 0.05) is 14.1 Å². The monoisotopic (exact) mass is 219 g/mol. The van der Waals surface area contributed by atoms with Gasteiger partial charge in [0.15, 0.2) is 5.70 Å². The summed E-state index contributed by atoms with van der Waals surface area (Å²) < 4.78 is 9.82. The summed E-state index contributed by atoms with van der Waals surface area (Å²) in [7, 11) is 6.31. The average molecular weight is 219 g/mol. The maximum absolute atomic E-state index is 5.64. The molecule has 0 aromatic rings. The van der Waals surface area contributed by atoms with E-state index in [1.165, 1.54) is 14.2 Å². The van der Waals surface area contributed by atoms with Crippen LogP contribution < -0.4 is 11.1 Å². The Bertz CT molecular complexity index is 195. The van der Waals surface area contributed by atoms with Crippen molar-refractivity contribution < 1.29 is 9.47 Å². The molecule has 92 valence electrons. The van der Waals surface area contributed by atoms with E-state index in [2.05, 4.69) is 10.3 Å². The zero-order valence-corrected chi connectivity index (χ0v) is 9.84. The van der Waals surface area contributed by atoms with E-state index in [-0.39, 0.29) is 7.43 Å². The minimum Gasteiger partial charge on any atom is -0.481 e. The second kappa shape index (κ2) is 12.6. The highest BCUT2D eigenvalue weighted by Crippen LogP contribution is 1.98. The van der Waals surface area contributed by atoms with E-state index < -0.39 is 0 Å². The Morgan fingerprint density at radius 1 is 1.20 bits per heavy atom. The lowest BCUT2D eigenvalue weighted by atomic mass is 10.4. The molecule has 0 rings (SSSR count). The van der Waals surface area contributed by atoms with Gasteiger partial charge in [0.25, 0.3) is 0 Å². The number of ether oxygens (including phenoxy) is 2. The fraction of sp³-hybridized carbons (Fsp3) is 0.700. The first-order valence-electron chi connectivity index (χ1n) is 4.43. The van der Waals surface area contributed by atoms with Gasteiger partial charge in [-0.1, -0.05) is 21.3 Å². The number of aliphatic imine (C=N–C) groups is 1. The number of nitrogens with zero attached hydrogens (tertiary/aromatic N) is 1. The molecule has 0 spiro atoms. The molecule has 0 aromatic heterocycles. The van der Waals surface area contributed by atoms with E-state index >= 15 is 0 Å². The van der Waals surface area contributed by atoms with E-state index in [9.17, 15) is 0 Å². The fourth-order valence-electron chi connectivity index (χ4n) is 0.766. The molecule has 0 fully saturated rings. The molecule has 5 nitrogen and oxygen atoms in total.